The molecule has 12 heavy (non-hydrogen) atoms. The molecule has 0 saturated carbocycles. The zero-order chi connectivity index (χ0) is 8.23. The molecule has 1 aliphatic rings. The molecule has 0 aliphatic carbocycles. The number of aliphatic imine (C=N–C) groups is 1. The monoisotopic (exact) mass is 177 g/mol. The Labute approximate surface area is 76.9 Å². The average molecular weight is 177 g/mol. The summed E-state index contributed by atoms with van der Waals surface area (Å²) in [6.07, 6.45) is 1.22. The Hall–Kier alpha value is -0.760. The maximum Gasteiger partial charge on any atom is 0.0976 e. The van der Waals surface area contributed by atoms with Gasteiger partial charge in [-0.1, -0.05) is 30.3 Å². The fraction of sp³-hybridized carbons (Fsp3) is 0.300. The van der Waals surface area contributed by atoms with Crippen LogP contribution < -0.4 is 0 Å². The smallest absolute Gasteiger partial charge is 0.0976 e. The molecule has 0 N–H and O–H groups in total. The molecule has 2 rings (SSSR count). The van der Waals surface area contributed by atoms with E-state index in [4.69, 9.17) is 0 Å². The molecule has 0 aromatic heterocycles. The quantitative estimate of drug-likeness (QED) is 0.642. The number of thioether (sulfide) groups is 1. The van der Waals surface area contributed by atoms with Crippen LogP contribution >= 0.6 is 11.8 Å². The molecule has 62 valence electrons. The normalized spacial score (nSPS) is 17.2. The Morgan fingerprint density at radius 2 is 2.00 bits per heavy atom. The van der Waals surface area contributed by atoms with Crippen molar-refractivity contribution in [2.45, 2.75) is 6.42 Å². The molecule has 2 heteroatoms. The van der Waals surface area contributed by atoms with Crippen molar-refractivity contribution in [3.05, 3.63) is 35.9 Å². The molecule has 0 saturated heterocycles. The van der Waals surface area contributed by atoms with Crippen LogP contribution in [0.3, 0.4) is 0 Å². The van der Waals surface area contributed by atoms with Gasteiger partial charge in [0.15, 0.2) is 0 Å². The maximum atomic E-state index is 4.48. The van der Waals surface area contributed by atoms with Crippen molar-refractivity contribution in [2.24, 2.45) is 4.99 Å². The van der Waals surface area contributed by atoms with Crippen LogP contribution in [0.2, 0.25) is 0 Å². The summed E-state index contributed by atoms with van der Waals surface area (Å²) >= 11 is 1.87. The molecular weight excluding hydrogens is 166 g/mol. The standard InChI is InChI=1S/C10H11NS/c1-2-5-9(6-3-1)10-11-7-4-8-12-10/h1-3,5-6H,4,7-8H2. The van der Waals surface area contributed by atoms with Gasteiger partial charge in [-0.2, -0.15) is 0 Å². The molecule has 0 radical (unpaired) electrons. The highest BCUT2D eigenvalue weighted by Crippen LogP contribution is 2.18. The van der Waals surface area contributed by atoms with Crippen LogP contribution in [-0.4, -0.2) is 17.3 Å². The summed E-state index contributed by atoms with van der Waals surface area (Å²) in [5.41, 5.74) is 1.27. The van der Waals surface area contributed by atoms with Crippen molar-refractivity contribution < 1.29 is 0 Å². The van der Waals surface area contributed by atoms with Gasteiger partial charge in [-0.25, -0.2) is 0 Å². The third-order valence-corrected chi connectivity index (χ3v) is 2.95. The second-order valence-corrected chi connectivity index (χ2v) is 3.84. The minimum atomic E-state index is 0.997. The van der Waals surface area contributed by atoms with Crippen molar-refractivity contribution >= 4 is 16.8 Å². The predicted molar refractivity (Wildman–Crippen MR) is 54.9 cm³/mol. The van der Waals surface area contributed by atoms with Gasteiger partial charge in [0.05, 0.1) is 5.04 Å². The van der Waals surface area contributed by atoms with Gasteiger partial charge >= 0.3 is 0 Å². The van der Waals surface area contributed by atoms with E-state index in [9.17, 15) is 0 Å². The lowest BCUT2D eigenvalue weighted by molar-refractivity contribution is 0.939. The summed E-state index contributed by atoms with van der Waals surface area (Å²) in [6, 6.07) is 10.4. The number of benzene rings is 1. The predicted octanol–water partition coefficient (Wildman–Crippen LogP) is 2.57. The largest absolute Gasteiger partial charge is 0.278 e. The highest BCUT2D eigenvalue weighted by Gasteiger charge is 2.06. The molecule has 0 bridgehead atoms. The van der Waals surface area contributed by atoms with Gasteiger partial charge in [-0.3, -0.25) is 4.99 Å². The summed E-state index contributed by atoms with van der Waals surface area (Å²) in [5, 5.41) is 1.21. The topological polar surface area (TPSA) is 12.4 Å². The van der Waals surface area contributed by atoms with Crippen molar-refractivity contribution in [3.8, 4) is 0 Å². The molecule has 0 spiro atoms. The van der Waals surface area contributed by atoms with E-state index in [-0.39, 0.29) is 0 Å². The Bertz CT molecular complexity index is 279. The van der Waals surface area contributed by atoms with Gasteiger partial charge in [0.1, 0.15) is 0 Å². The van der Waals surface area contributed by atoms with Crippen molar-refractivity contribution in [3.63, 3.8) is 0 Å². The summed E-state index contributed by atoms with van der Waals surface area (Å²) in [7, 11) is 0. The Morgan fingerprint density at radius 3 is 2.67 bits per heavy atom. The number of hydrogen-bond donors (Lipinski definition) is 0. The van der Waals surface area contributed by atoms with Crippen LogP contribution in [0.15, 0.2) is 35.3 Å². The summed E-state index contributed by atoms with van der Waals surface area (Å²) < 4.78 is 0. The third-order valence-electron chi connectivity index (χ3n) is 1.82. The highest BCUT2D eigenvalue weighted by molar-refractivity contribution is 8.14. The molecule has 1 aromatic rings. The lowest BCUT2D eigenvalue weighted by Gasteiger charge is -2.10. The van der Waals surface area contributed by atoms with Gasteiger partial charge in [-0.05, 0) is 6.42 Å². The van der Waals surface area contributed by atoms with E-state index in [1.165, 1.54) is 22.8 Å². The van der Waals surface area contributed by atoms with E-state index in [1.807, 2.05) is 17.8 Å². The molecular formula is C10H11NS. The molecule has 0 amide bonds. The van der Waals surface area contributed by atoms with Crippen LogP contribution in [-0.2, 0) is 0 Å². The number of hydrogen-bond acceptors (Lipinski definition) is 2. The van der Waals surface area contributed by atoms with E-state index >= 15 is 0 Å². The van der Waals surface area contributed by atoms with Gasteiger partial charge < -0.3 is 0 Å². The van der Waals surface area contributed by atoms with E-state index in [0.717, 1.165) is 6.54 Å². The van der Waals surface area contributed by atoms with Crippen LogP contribution in [0.5, 0.6) is 0 Å². The SMILES string of the molecule is c1ccc(C2=NCCCS2)cc1. The Balaban J connectivity index is 2.24. The second-order valence-electron chi connectivity index (χ2n) is 2.75. The molecule has 1 nitrogen and oxygen atoms in total. The summed E-state index contributed by atoms with van der Waals surface area (Å²) in [4.78, 5) is 4.48. The Kier molecular flexibility index (Phi) is 2.47. The van der Waals surface area contributed by atoms with Gasteiger partial charge in [0.25, 0.3) is 0 Å². The van der Waals surface area contributed by atoms with Crippen LogP contribution in [0, 0.1) is 0 Å². The van der Waals surface area contributed by atoms with Crippen LogP contribution in [0.1, 0.15) is 12.0 Å². The first-order valence-electron chi connectivity index (χ1n) is 4.19. The van der Waals surface area contributed by atoms with E-state index in [1.54, 1.807) is 0 Å². The zero-order valence-electron chi connectivity index (χ0n) is 6.86. The molecule has 1 aliphatic heterocycles. The van der Waals surface area contributed by atoms with Gasteiger partial charge in [0.2, 0.25) is 0 Å². The lowest BCUT2D eigenvalue weighted by atomic mass is 10.2. The van der Waals surface area contributed by atoms with Crippen LogP contribution in [0.25, 0.3) is 0 Å². The fourth-order valence-electron chi connectivity index (χ4n) is 1.21. The number of rotatable bonds is 1. The van der Waals surface area contributed by atoms with Gasteiger partial charge in [-0.15, -0.1) is 11.8 Å². The van der Waals surface area contributed by atoms with Crippen molar-refractivity contribution in [1.29, 1.82) is 0 Å². The highest BCUT2D eigenvalue weighted by atomic mass is 32.2. The molecule has 0 fully saturated rings. The number of nitrogens with zero attached hydrogens (tertiary/aromatic N) is 1. The Morgan fingerprint density at radius 1 is 1.17 bits per heavy atom. The first-order valence-corrected chi connectivity index (χ1v) is 5.18. The van der Waals surface area contributed by atoms with Crippen LogP contribution in [0.4, 0.5) is 0 Å². The average Bonchev–Trinajstić information content (AvgIpc) is 2.21. The molecule has 0 unspecified atom stereocenters. The first kappa shape index (κ1) is 7.87. The second kappa shape index (κ2) is 3.76. The molecule has 1 aromatic carbocycles. The minimum absolute atomic E-state index is 0.997. The first-order chi connectivity index (χ1) is 5.97. The van der Waals surface area contributed by atoms with E-state index in [2.05, 4.69) is 29.3 Å². The molecule has 1 heterocycles. The van der Waals surface area contributed by atoms with Crippen molar-refractivity contribution in [2.75, 3.05) is 12.3 Å². The van der Waals surface area contributed by atoms with Crippen molar-refractivity contribution in [1.82, 2.24) is 0 Å². The van der Waals surface area contributed by atoms with E-state index < -0.39 is 0 Å². The van der Waals surface area contributed by atoms with Gasteiger partial charge in [0, 0.05) is 17.9 Å². The fourth-order valence-corrected chi connectivity index (χ4v) is 2.17. The zero-order valence-corrected chi connectivity index (χ0v) is 7.68. The molecule has 0 atom stereocenters. The van der Waals surface area contributed by atoms with E-state index in [0.29, 0.717) is 0 Å². The lowest BCUT2D eigenvalue weighted by Crippen LogP contribution is -2.04. The summed E-state index contributed by atoms with van der Waals surface area (Å²) in [6.45, 7) is 0.997. The summed E-state index contributed by atoms with van der Waals surface area (Å²) in [5.74, 6) is 1.22. The minimum Gasteiger partial charge on any atom is -0.278 e. The third kappa shape index (κ3) is 1.69. The maximum absolute atomic E-state index is 4.48.